The average Bonchev–Trinajstić information content (AvgIpc) is 3.09. The van der Waals surface area contributed by atoms with E-state index in [0.29, 0.717) is 0 Å². The van der Waals surface area contributed by atoms with Gasteiger partial charge in [-0.2, -0.15) is 0 Å². The van der Waals surface area contributed by atoms with Crippen molar-refractivity contribution in [1.82, 2.24) is 4.90 Å². The first-order valence-corrected chi connectivity index (χ1v) is 8.52. The molecule has 2 N–H and O–H groups in total. The number of nitrogens with zero attached hydrogens (tertiary/aromatic N) is 1. The number of hydrogen-bond acceptors (Lipinski definition) is 2. The molecule has 0 spiro atoms. The average molecular weight is 262 g/mol. The molecular weight excluding hydrogens is 232 g/mol. The molecule has 0 radical (unpaired) electrons. The summed E-state index contributed by atoms with van der Waals surface area (Å²) in [6.07, 6.45) is 10.3. The van der Waals surface area contributed by atoms with E-state index in [1.165, 1.54) is 38.5 Å². The zero-order valence-corrected chi connectivity index (χ0v) is 12.6. The molecule has 5 rings (SSSR count). The Balaban J connectivity index is 1.50. The minimum Gasteiger partial charge on any atom is -0.324 e. The number of nitrogens with two attached hydrogens (primary N) is 1. The van der Waals surface area contributed by atoms with Gasteiger partial charge in [0.1, 0.15) is 0 Å². The summed E-state index contributed by atoms with van der Waals surface area (Å²) >= 11 is 0. The first-order chi connectivity index (χ1) is 9.03. The van der Waals surface area contributed by atoms with Crippen LogP contribution in [0.4, 0.5) is 0 Å². The van der Waals surface area contributed by atoms with Crippen LogP contribution in [0.25, 0.3) is 0 Å². The Hall–Kier alpha value is -0.0800. The summed E-state index contributed by atoms with van der Waals surface area (Å²) in [5, 5.41) is 0. The Morgan fingerprint density at radius 2 is 1.53 bits per heavy atom. The summed E-state index contributed by atoms with van der Waals surface area (Å²) in [7, 11) is 2.29. The molecule has 2 nitrogen and oxygen atoms in total. The van der Waals surface area contributed by atoms with Gasteiger partial charge < -0.3 is 10.6 Å². The van der Waals surface area contributed by atoms with Crippen molar-refractivity contribution in [3.63, 3.8) is 0 Å². The van der Waals surface area contributed by atoms with Gasteiger partial charge in [0.05, 0.1) is 0 Å². The van der Waals surface area contributed by atoms with Crippen molar-refractivity contribution >= 4 is 0 Å². The maximum Gasteiger partial charge on any atom is 0.0288 e. The molecule has 5 fully saturated rings. The normalized spacial score (nSPS) is 47.7. The molecule has 5 aliphatic carbocycles. The van der Waals surface area contributed by atoms with E-state index >= 15 is 0 Å². The van der Waals surface area contributed by atoms with Gasteiger partial charge in [0.2, 0.25) is 0 Å². The topological polar surface area (TPSA) is 29.3 Å². The minimum absolute atomic E-state index is 0.0416. The first-order valence-electron chi connectivity index (χ1n) is 8.52. The summed E-state index contributed by atoms with van der Waals surface area (Å²) in [5.74, 6) is 4.85. The van der Waals surface area contributed by atoms with E-state index in [-0.39, 0.29) is 5.54 Å². The van der Waals surface area contributed by atoms with E-state index in [0.717, 1.165) is 42.2 Å². The molecular formula is C17H30N2. The summed E-state index contributed by atoms with van der Waals surface area (Å²) in [6, 6.07) is 0.847. The van der Waals surface area contributed by atoms with Crippen LogP contribution in [0.5, 0.6) is 0 Å². The molecule has 5 aliphatic rings. The van der Waals surface area contributed by atoms with E-state index in [1.54, 1.807) is 6.42 Å². The monoisotopic (exact) mass is 262 g/mol. The number of hydrogen-bond donors (Lipinski definition) is 1. The van der Waals surface area contributed by atoms with Gasteiger partial charge in [0.25, 0.3) is 0 Å². The van der Waals surface area contributed by atoms with Crippen LogP contribution in [-0.4, -0.2) is 30.1 Å². The standard InChI is InChI=1S/C17H30N2/c1-17(18,10-19(2)15-3-4-15)16-13-6-11-5-12(8-13)9-14(16)7-11/h11-16H,3-10,18H2,1-2H3. The van der Waals surface area contributed by atoms with E-state index in [1.807, 2.05) is 0 Å². The highest BCUT2D eigenvalue weighted by Gasteiger charge is 2.53. The molecule has 2 heteroatoms. The first kappa shape index (κ1) is 12.6. The van der Waals surface area contributed by atoms with Crippen molar-refractivity contribution in [2.24, 2.45) is 35.3 Å². The van der Waals surface area contributed by atoms with Crippen LogP contribution in [0.1, 0.15) is 51.9 Å². The highest BCUT2D eigenvalue weighted by Crippen LogP contribution is 2.58. The van der Waals surface area contributed by atoms with Crippen LogP contribution >= 0.6 is 0 Å². The fourth-order valence-corrected chi connectivity index (χ4v) is 6.29. The molecule has 0 amide bonds. The van der Waals surface area contributed by atoms with Crippen LogP contribution < -0.4 is 5.73 Å². The van der Waals surface area contributed by atoms with Crippen LogP contribution in [0.3, 0.4) is 0 Å². The van der Waals surface area contributed by atoms with Crippen LogP contribution in [0.15, 0.2) is 0 Å². The Bertz CT molecular complexity index is 330. The lowest BCUT2D eigenvalue weighted by Gasteiger charge is -2.59. The molecule has 19 heavy (non-hydrogen) atoms. The molecule has 0 aliphatic heterocycles. The lowest BCUT2D eigenvalue weighted by molar-refractivity contribution is -0.0710. The van der Waals surface area contributed by atoms with E-state index in [2.05, 4.69) is 18.9 Å². The van der Waals surface area contributed by atoms with Gasteiger partial charge >= 0.3 is 0 Å². The predicted molar refractivity (Wildman–Crippen MR) is 78.8 cm³/mol. The van der Waals surface area contributed by atoms with E-state index in [9.17, 15) is 0 Å². The molecule has 5 saturated carbocycles. The Morgan fingerprint density at radius 1 is 1.00 bits per heavy atom. The SMILES string of the molecule is CN(CC(C)(N)C1C2CC3CC(C2)CC1C3)C1CC1. The van der Waals surface area contributed by atoms with Crippen molar-refractivity contribution < 1.29 is 0 Å². The highest BCUT2D eigenvalue weighted by atomic mass is 15.2. The summed E-state index contributed by atoms with van der Waals surface area (Å²) in [4.78, 5) is 2.55. The second kappa shape index (κ2) is 4.21. The summed E-state index contributed by atoms with van der Waals surface area (Å²) < 4.78 is 0. The molecule has 0 saturated heterocycles. The third kappa shape index (κ3) is 2.15. The van der Waals surface area contributed by atoms with Gasteiger partial charge in [0.15, 0.2) is 0 Å². The second-order valence-electron chi connectivity index (χ2n) is 8.61. The van der Waals surface area contributed by atoms with Crippen molar-refractivity contribution in [2.75, 3.05) is 13.6 Å². The molecule has 0 heterocycles. The lowest BCUT2D eigenvalue weighted by atomic mass is 9.48. The smallest absolute Gasteiger partial charge is 0.0288 e. The largest absolute Gasteiger partial charge is 0.324 e. The Labute approximate surface area is 118 Å². The fourth-order valence-electron chi connectivity index (χ4n) is 6.29. The van der Waals surface area contributed by atoms with Crippen molar-refractivity contribution in [3.05, 3.63) is 0 Å². The van der Waals surface area contributed by atoms with Gasteiger partial charge in [-0.25, -0.2) is 0 Å². The molecule has 108 valence electrons. The third-order valence-electron chi connectivity index (χ3n) is 6.75. The molecule has 0 aromatic rings. The fraction of sp³-hybridized carbons (Fsp3) is 1.00. The second-order valence-corrected chi connectivity index (χ2v) is 8.61. The van der Waals surface area contributed by atoms with Crippen LogP contribution in [0.2, 0.25) is 0 Å². The molecule has 1 unspecified atom stereocenters. The molecule has 1 atom stereocenters. The zero-order chi connectivity index (χ0) is 13.2. The maximum atomic E-state index is 6.87. The quantitative estimate of drug-likeness (QED) is 0.844. The summed E-state index contributed by atoms with van der Waals surface area (Å²) in [5.41, 5.74) is 6.91. The van der Waals surface area contributed by atoms with Crippen LogP contribution in [0, 0.1) is 29.6 Å². The van der Waals surface area contributed by atoms with Gasteiger partial charge in [-0.05, 0) is 88.5 Å². The lowest BCUT2D eigenvalue weighted by Crippen LogP contribution is -2.61. The Morgan fingerprint density at radius 3 is 2.00 bits per heavy atom. The van der Waals surface area contributed by atoms with Gasteiger partial charge in [-0.1, -0.05) is 0 Å². The molecule has 0 aromatic carbocycles. The van der Waals surface area contributed by atoms with Crippen LogP contribution in [-0.2, 0) is 0 Å². The van der Waals surface area contributed by atoms with Gasteiger partial charge in [-0.3, -0.25) is 0 Å². The molecule has 0 aromatic heterocycles. The summed E-state index contributed by atoms with van der Waals surface area (Å²) in [6.45, 7) is 3.48. The zero-order valence-electron chi connectivity index (χ0n) is 12.6. The van der Waals surface area contributed by atoms with Gasteiger partial charge in [-0.15, -0.1) is 0 Å². The number of likely N-dealkylation sites (N-methyl/N-ethyl adjacent to an activating group) is 1. The van der Waals surface area contributed by atoms with Crippen molar-refractivity contribution in [3.8, 4) is 0 Å². The van der Waals surface area contributed by atoms with Crippen molar-refractivity contribution in [1.29, 1.82) is 0 Å². The van der Waals surface area contributed by atoms with Crippen molar-refractivity contribution in [2.45, 2.75) is 63.5 Å². The maximum absolute atomic E-state index is 6.87. The van der Waals surface area contributed by atoms with E-state index in [4.69, 9.17) is 5.73 Å². The predicted octanol–water partition coefficient (Wildman–Crippen LogP) is 2.87. The third-order valence-corrected chi connectivity index (χ3v) is 6.75. The Kier molecular flexibility index (Phi) is 2.80. The van der Waals surface area contributed by atoms with Gasteiger partial charge in [0, 0.05) is 18.1 Å². The number of rotatable bonds is 4. The molecule has 4 bridgehead atoms. The van der Waals surface area contributed by atoms with E-state index < -0.39 is 0 Å². The highest BCUT2D eigenvalue weighted by molar-refractivity contribution is 5.06. The minimum atomic E-state index is 0.0416.